The second-order valence-corrected chi connectivity index (χ2v) is 9.37. The summed E-state index contributed by atoms with van der Waals surface area (Å²) >= 11 is 0. The maximum atomic E-state index is 13.3. The molecule has 1 aliphatic rings. The summed E-state index contributed by atoms with van der Waals surface area (Å²) in [7, 11) is 1.90. The maximum Gasteiger partial charge on any atom is 0.225 e. The summed E-state index contributed by atoms with van der Waals surface area (Å²) in [6.45, 7) is 4.60. The monoisotopic (exact) mass is 499 g/mol. The molecule has 0 amide bonds. The van der Waals surface area contributed by atoms with Gasteiger partial charge in [0.2, 0.25) is 5.95 Å². The van der Waals surface area contributed by atoms with Crippen molar-refractivity contribution in [3.8, 4) is 11.1 Å². The molecule has 10 nitrogen and oxygen atoms in total. The highest BCUT2D eigenvalue weighted by Crippen LogP contribution is 2.30. The number of hydrogen-bond acceptors (Lipinski definition) is 8. The van der Waals surface area contributed by atoms with Gasteiger partial charge in [-0.1, -0.05) is 12.1 Å². The van der Waals surface area contributed by atoms with Gasteiger partial charge in [0.05, 0.1) is 6.20 Å². The molecule has 0 aliphatic carbocycles. The van der Waals surface area contributed by atoms with Gasteiger partial charge in [0.25, 0.3) is 0 Å². The van der Waals surface area contributed by atoms with E-state index in [1.54, 1.807) is 42.5 Å². The minimum atomic E-state index is -1.32. The lowest BCUT2D eigenvalue weighted by Gasteiger charge is -2.35. The Balaban J connectivity index is 1.17. The third-order valence-corrected chi connectivity index (χ3v) is 6.89. The van der Waals surface area contributed by atoms with Crippen LogP contribution in [-0.2, 0) is 12.6 Å². The average Bonchev–Trinajstić information content (AvgIpc) is 3.55. The molecule has 1 fully saturated rings. The van der Waals surface area contributed by atoms with Crippen molar-refractivity contribution < 1.29 is 9.50 Å². The normalized spacial score (nSPS) is 15.8. The van der Waals surface area contributed by atoms with Crippen LogP contribution in [0.25, 0.3) is 16.6 Å². The molecule has 0 radical (unpaired) electrons. The largest absolute Gasteiger partial charge is 0.381 e. The van der Waals surface area contributed by atoms with Gasteiger partial charge in [-0.15, -0.1) is 0 Å². The van der Waals surface area contributed by atoms with E-state index in [4.69, 9.17) is 0 Å². The number of aliphatic hydroxyl groups is 1. The van der Waals surface area contributed by atoms with Crippen LogP contribution in [0.4, 0.5) is 16.2 Å². The van der Waals surface area contributed by atoms with Crippen molar-refractivity contribution in [1.29, 1.82) is 0 Å². The van der Waals surface area contributed by atoms with Gasteiger partial charge < -0.3 is 14.9 Å². The van der Waals surface area contributed by atoms with Crippen LogP contribution >= 0.6 is 0 Å². The topological polar surface area (TPSA) is 100 Å². The second kappa shape index (κ2) is 8.93. The van der Waals surface area contributed by atoms with Crippen LogP contribution in [0.15, 0.2) is 67.6 Å². The number of nitrogens with zero attached hydrogens (tertiary/aromatic N) is 9. The molecule has 1 aromatic carbocycles. The predicted octanol–water partition coefficient (Wildman–Crippen LogP) is 2.64. The zero-order valence-corrected chi connectivity index (χ0v) is 20.5. The van der Waals surface area contributed by atoms with Crippen LogP contribution in [0, 0.1) is 5.82 Å². The van der Waals surface area contributed by atoms with E-state index in [9.17, 15) is 9.50 Å². The molecule has 5 aromatic rings. The Kier molecular flexibility index (Phi) is 5.56. The summed E-state index contributed by atoms with van der Waals surface area (Å²) in [5.74, 6) is 1.14. The molecule has 11 heteroatoms. The first-order chi connectivity index (χ1) is 17.9. The van der Waals surface area contributed by atoms with Crippen LogP contribution < -0.4 is 9.80 Å². The van der Waals surface area contributed by atoms with Gasteiger partial charge in [0.15, 0.2) is 5.82 Å². The van der Waals surface area contributed by atoms with Crippen LogP contribution in [0.2, 0.25) is 0 Å². The number of piperazine rings is 1. The Labute approximate surface area is 212 Å². The molecule has 1 atom stereocenters. The van der Waals surface area contributed by atoms with Gasteiger partial charge in [0.1, 0.15) is 23.3 Å². The smallest absolute Gasteiger partial charge is 0.225 e. The number of hydrogen-bond donors (Lipinski definition) is 1. The molecule has 1 N–H and O–H groups in total. The fourth-order valence-corrected chi connectivity index (χ4v) is 4.68. The van der Waals surface area contributed by atoms with Gasteiger partial charge in [-0.3, -0.25) is 4.68 Å². The highest BCUT2D eigenvalue weighted by Gasteiger charge is 2.28. The van der Waals surface area contributed by atoms with Crippen LogP contribution in [0.5, 0.6) is 0 Å². The van der Waals surface area contributed by atoms with Crippen molar-refractivity contribution in [1.82, 2.24) is 34.3 Å². The van der Waals surface area contributed by atoms with E-state index in [1.165, 1.54) is 12.1 Å². The van der Waals surface area contributed by atoms with Crippen molar-refractivity contribution >= 4 is 17.3 Å². The summed E-state index contributed by atoms with van der Waals surface area (Å²) < 4.78 is 16.9. The zero-order chi connectivity index (χ0) is 25.6. The number of aryl methyl sites for hydroxylation is 1. The minimum Gasteiger partial charge on any atom is -0.381 e. The van der Waals surface area contributed by atoms with Gasteiger partial charge in [0, 0.05) is 74.7 Å². The van der Waals surface area contributed by atoms with Gasteiger partial charge in [-0.05, 0) is 30.7 Å². The second-order valence-electron chi connectivity index (χ2n) is 9.37. The number of anilines is 2. The van der Waals surface area contributed by atoms with E-state index >= 15 is 0 Å². The maximum absolute atomic E-state index is 13.3. The summed E-state index contributed by atoms with van der Waals surface area (Å²) in [5.41, 5.74) is 2.81. The first kappa shape index (κ1) is 23.0. The van der Waals surface area contributed by atoms with Crippen molar-refractivity contribution in [3.05, 3.63) is 84.6 Å². The van der Waals surface area contributed by atoms with Gasteiger partial charge in [-0.2, -0.15) is 10.2 Å². The first-order valence-corrected chi connectivity index (χ1v) is 12.0. The highest BCUT2D eigenvalue weighted by molar-refractivity contribution is 5.77. The summed E-state index contributed by atoms with van der Waals surface area (Å²) in [6.07, 6.45) is 10.6. The molecule has 4 aromatic heterocycles. The minimum absolute atomic E-state index is 0.348. The highest BCUT2D eigenvalue weighted by atomic mass is 19.1. The lowest BCUT2D eigenvalue weighted by molar-refractivity contribution is 0.101. The molecule has 0 spiro atoms. The molecular formula is C26H26FN9O. The predicted molar refractivity (Wildman–Crippen MR) is 137 cm³/mol. The first-order valence-electron chi connectivity index (χ1n) is 12.0. The van der Waals surface area contributed by atoms with Crippen molar-refractivity contribution in [2.45, 2.75) is 12.5 Å². The van der Waals surface area contributed by atoms with Crippen LogP contribution in [0.1, 0.15) is 18.1 Å². The lowest BCUT2D eigenvalue weighted by Crippen LogP contribution is -2.47. The molecule has 0 bridgehead atoms. The number of benzene rings is 1. The Bertz CT molecular complexity index is 1530. The Morgan fingerprint density at radius 3 is 2.22 bits per heavy atom. The molecule has 1 saturated heterocycles. The fourth-order valence-electron chi connectivity index (χ4n) is 4.68. The molecule has 6 rings (SSSR count). The summed E-state index contributed by atoms with van der Waals surface area (Å²) in [5, 5.41) is 19.7. The van der Waals surface area contributed by atoms with Crippen LogP contribution in [-0.4, -0.2) is 65.6 Å². The zero-order valence-electron chi connectivity index (χ0n) is 20.5. The summed E-state index contributed by atoms with van der Waals surface area (Å²) in [4.78, 5) is 18.0. The summed E-state index contributed by atoms with van der Waals surface area (Å²) in [6, 6.07) is 7.89. The molecule has 188 valence electrons. The number of aromatic nitrogens is 7. The fraction of sp³-hybridized carbons (Fsp3) is 0.269. The number of rotatable bonds is 5. The number of halogens is 1. The van der Waals surface area contributed by atoms with E-state index in [1.807, 2.05) is 30.2 Å². The Morgan fingerprint density at radius 2 is 1.54 bits per heavy atom. The van der Waals surface area contributed by atoms with E-state index in [0.717, 1.165) is 48.6 Å². The third kappa shape index (κ3) is 4.27. The van der Waals surface area contributed by atoms with Crippen LogP contribution in [0.3, 0.4) is 0 Å². The van der Waals surface area contributed by atoms with E-state index in [0.29, 0.717) is 17.1 Å². The SMILES string of the molecule is Cn1cc(-c2cc3c(N4CCN(c5ncc([C@@](C)(O)c6ccc(F)cc6)cn5)CC4)ncnn3c2)cn1. The quantitative estimate of drug-likeness (QED) is 0.394. The Morgan fingerprint density at radius 1 is 0.838 bits per heavy atom. The molecule has 0 saturated carbocycles. The van der Waals surface area contributed by atoms with Crippen molar-refractivity contribution in [3.63, 3.8) is 0 Å². The molecule has 0 unspecified atom stereocenters. The third-order valence-electron chi connectivity index (χ3n) is 6.89. The van der Waals surface area contributed by atoms with E-state index in [-0.39, 0.29) is 5.82 Å². The Hall–Kier alpha value is -4.38. The van der Waals surface area contributed by atoms with E-state index in [2.05, 4.69) is 41.0 Å². The molecular weight excluding hydrogens is 473 g/mol. The lowest BCUT2D eigenvalue weighted by atomic mass is 9.90. The molecule has 5 heterocycles. The van der Waals surface area contributed by atoms with Gasteiger partial charge >= 0.3 is 0 Å². The molecule has 37 heavy (non-hydrogen) atoms. The average molecular weight is 500 g/mol. The van der Waals surface area contributed by atoms with Gasteiger partial charge in [-0.25, -0.2) is 23.9 Å². The van der Waals surface area contributed by atoms with Crippen molar-refractivity contribution in [2.75, 3.05) is 36.0 Å². The molecule has 1 aliphatic heterocycles. The standard InChI is InChI=1S/C26H26FN9O/c1-26(37,20-3-5-22(27)6-4-20)21-13-28-25(29-14-21)35-9-7-34(8-10-35)24-23-11-18(16-36(23)32-17-30-24)19-12-31-33(2)15-19/h3-6,11-17,37H,7-10H2,1-2H3/t26-/m0/s1. The number of fused-ring (bicyclic) bond motifs is 1. The van der Waals surface area contributed by atoms with E-state index < -0.39 is 5.60 Å². The van der Waals surface area contributed by atoms with Crippen molar-refractivity contribution in [2.24, 2.45) is 7.05 Å².